The van der Waals surface area contributed by atoms with Crippen molar-refractivity contribution in [2.24, 2.45) is 0 Å². The van der Waals surface area contributed by atoms with Crippen LogP contribution in [-0.2, 0) is 16.1 Å². The number of hydrogen-bond donors (Lipinski definition) is 1. The van der Waals surface area contributed by atoms with E-state index < -0.39 is 6.04 Å². The Morgan fingerprint density at radius 1 is 1.45 bits per heavy atom. The van der Waals surface area contributed by atoms with E-state index in [1.165, 1.54) is 13.2 Å². The van der Waals surface area contributed by atoms with Crippen molar-refractivity contribution in [1.29, 1.82) is 0 Å². The van der Waals surface area contributed by atoms with Gasteiger partial charge in [-0.25, -0.2) is 9.18 Å². The number of aryl methyl sites for hydroxylation is 1. The minimum absolute atomic E-state index is 0.282. The molecule has 0 amide bonds. The number of methoxy groups -OCH3 is 1. The van der Waals surface area contributed by atoms with Crippen LogP contribution in [0.4, 0.5) is 4.39 Å². The molecule has 1 heterocycles. The zero-order chi connectivity index (χ0) is 14.5. The van der Waals surface area contributed by atoms with Crippen LogP contribution in [0.15, 0.2) is 35.7 Å². The van der Waals surface area contributed by atoms with Gasteiger partial charge in [0.1, 0.15) is 11.9 Å². The van der Waals surface area contributed by atoms with Crippen molar-refractivity contribution >= 4 is 17.3 Å². The summed E-state index contributed by atoms with van der Waals surface area (Å²) in [5.74, 6) is -0.664. The number of nitrogens with one attached hydrogen (secondary N) is 1. The molecule has 20 heavy (non-hydrogen) atoms. The van der Waals surface area contributed by atoms with Crippen LogP contribution < -0.4 is 5.32 Å². The largest absolute Gasteiger partial charge is 0.468 e. The van der Waals surface area contributed by atoms with Gasteiger partial charge in [-0.05, 0) is 35.6 Å². The van der Waals surface area contributed by atoms with E-state index in [0.717, 1.165) is 4.88 Å². The third kappa shape index (κ3) is 3.43. The molecule has 0 radical (unpaired) electrons. The van der Waals surface area contributed by atoms with Gasteiger partial charge in [0.15, 0.2) is 0 Å². The van der Waals surface area contributed by atoms with Gasteiger partial charge >= 0.3 is 5.97 Å². The average molecular weight is 293 g/mol. The maximum absolute atomic E-state index is 13.3. The standard InChI is InChI=1S/C15H16FNO2S/c1-10-8-11(5-6-13(10)16)14(15(18)19-2)17-9-12-4-3-7-20-12/h3-8,14,17H,9H2,1-2H3. The molecule has 1 aromatic carbocycles. The van der Waals surface area contributed by atoms with Gasteiger partial charge < -0.3 is 4.74 Å². The van der Waals surface area contributed by atoms with Gasteiger partial charge in [-0.1, -0.05) is 18.2 Å². The maximum Gasteiger partial charge on any atom is 0.327 e. The minimum atomic E-state index is -0.596. The molecule has 0 saturated carbocycles. The number of hydrogen-bond acceptors (Lipinski definition) is 4. The van der Waals surface area contributed by atoms with E-state index in [1.807, 2.05) is 17.5 Å². The van der Waals surface area contributed by atoms with E-state index in [0.29, 0.717) is 17.7 Å². The average Bonchev–Trinajstić information content (AvgIpc) is 2.95. The Balaban J connectivity index is 2.18. The molecule has 106 valence electrons. The van der Waals surface area contributed by atoms with Crippen molar-refractivity contribution in [3.05, 3.63) is 57.5 Å². The molecule has 0 saturated heterocycles. The highest BCUT2D eigenvalue weighted by Gasteiger charge is 2.21. The fraction of sp³-hybridized carbons (Fsp3) is 0.267. The van der Waals surface area contributed by atoms with Crippen molar-refractivity contribution < 1.29 is 13.9 Å². The van der Waals surface area contributed by atoms with Crippen molar-refractivity contribution in [2.75, 3.05) is 7.11 Å². The highest BCUT2D eigenvalue weighted by atomic mass is 32.1. The zero-order valence-electron chi connectivity index (χ0n) is 11.4. The van der Waals surface area contributed by atoms with Gasteiger partial charge in [0.25, 0.3) is 0 Å². The van der Waals surface area contributed by atoms with Crippen LogP contribution >= 0.6 is 11.3 Å². The molecule has 0 bridgehead atoms. The van der Waals surface area contributed by atoms with Crippen LogP contribution in [0.25, 0.3) is 0 Å². The van der Waals surface area contributed by atoms with Crippen LogP contribution in [0.3, 0.4) is 0 Å². The van der Waals surface area contributed by atoms with Gasteiger partial charge in [-0.15, -0.1) is 11.3 Å². The lowest BCUT2D eigenvalue weighted by atomic mass is 10.0. The second-order valence-electron chi connectivity index (χ2n) is 4.43. The fourth-order valence-electron chi connectivity index (χ4n) is 1.92. The van der Waals surface area contributed by atoms with Gasteiger partial charge in [-0.2, -0.15) is 0 Å². The summed E-state index contributed by atoms with van der Waals surface area (Å²) in [6.07, 6.45) is 0. The SMILES string of the molecule is COC(=O)C(NCc1cccs1)c1ccc(F)c(C)c1. The Morgan fingerprint density at radius 3 is 2.85 bits per heavy atom. The lowest BCUT2D eigenvalue weighted by molar-refractivity contribution is -0.143. The number of benzene rings is 1. The van der Waals surface area contributed by atoms with Crippen molar-refractivity contribution in [1.82, 2.24) is 5.32 Å². The van der Waals surface area contributed by atoms with Crippen LogP contribution in [0.2, 0.25) is 0 Å². The number of carbonyl (C=O) groups excluding carboxylic acids is 1. The summed E-state index contributed by atoms with van der Waals surface area (Å²) in [4.78, 5) is 13.0. The van der Waals surface area contributed by atoms with Crippen LogP contribution in [0.5, 0.6) is 0 Å². The molecule has 3 nitrogen and oxygen atoms in total. The molecule has 1 N–H and O–H groups in total. The zero-order valence-corrected chi connectivity index (χ0v) is 12.2. The molecule has 5 heteroatoms. The first-order chi connectivity index (χ1) is 9.61. The normalized spacial score (nSPS) is 12.2. The second kappa shape index (κ2) is 6.63. The summed E-state index contributed by atoms with van der Waals surface area (Å²) < 4.78 is 18.1. The monoisotopic (exact) mass is 293 g/mol. The molecule has 0 aliphatic heterocycles. The summed E-state index contributed by atoms with van der Waals surface area (Å²) in [6, 6.07) is 7.98. The highest BCUT2D eigenvalue weighted by Crippen LogP contribution is 2.19. The smallest absolute Gasteiger partial charge is 0.327 e. The molecular weight excluding hydrogens is 277 g/mol. The van der Waals surface area contributed by atoms with Crippen LogP contribution in [0, 0.1) is 12.7 Å². The molecule has 2 aromatic rings. The van der Waals surface area contributed by atoms with Gasteiger partial charge in [0.2, 0.25) is 0 Å². The Labute approximate surface area is 121 Å². The summed E-state index contributed by atoms with van der Waals surface area (Å²) in [7, 11) is 1.35. The number of esters is 1. The van der Waals surface area contributed by atoms with Gasteiger partial charge in [-0.3, -0.25) is 5.32 Å². The molecular formula is C15H16FNO2S. The number of thiophene rings is 1. The fourth-order valence-corrected chi connectivity index (χ4v) is 2.57. The van der Waals surface area contributed by atoms with Crippen molar-refractivity contribution in [3.63, 3.8) is 0 Å². The topological polar surface area (TPSA) is 38.3 Å². The molecule has 2 rings (SSSR count). The van der Waals surface area contributed by atoms with E-state index >= 15 is 0 Å². The molecule has 0 fully saturated rings. The Bertz CT molecular complexity index is 584. The predicted octanol–water partition coefficient (Wildman–Crippen LogP) is 3.20. The molecule has 1 atom stereocenters. The lowest BCUT2D eigenvalue weighted by Crippen LogP contribution is -2.29. The molecule has 0 spiro atoms. The van der Waals surface area contributed by atoms with Crippen LogP contribution in [0.1, 0.15) is 22.0 Å². The second-order valence-corrected chi connectivity index (χ2v) is 5.46. The lowest BCUT2D eigenvalue weighted by Gasteiger charge is -2.17. The molecule has 1 aromatic heterocycles. The molecule has 1 unspecified atom stereocenters. The van der Waals surface area contributed by atoms with Gasteiger partial charge in [0, 0.05) is 11.4 Å². The summed E-state index contributed by atoms with van der Waals surface area (Å²) >= 11 is 1.61. The third-order valence-electron chi connectivity index (χ3n) is 3.01. The van der Waals surface area contributed by atoms with Crippen molar-refractivity contribution in [2.45, 2.75) is 19.5 Å². The van der Waals surface area contributed by atoms with E-state index in [1.54, 1.807) is 30.4 Å². The first kappa shape index (κ1) is 14.7. The highest BCUT2D eigenvalue weighted by molar-refractivity contribution is 7.09. The van der Waals surface area contributed by atoms with Crippen LogP contribution in [-0.4, -0.2) is 13.1 Å². The van der Waals surface area contributed by atoms with Crippen molar-refractivity contribution in [3.8, 4) is 0 Å². The maximum atomic E-state index is 13.3. The van der Waals surface area contributed by atoms with Gasteiger partial charge in [0.05, 0.1) is 7.11 Å². The first-order valence-electron chi connectivity index (χ1n) is 6.21. The van der Waals surface area contributed by atoms with E-state index in [9.17, 15) is 9.18 Å². The number of halogens is 1. The molecule has 0 aliphatic rings. The predicted molar refractivity (Wildman–Crippen MR) is 77.1 cm³/mol. The molecule has 0 aliphatic carbocycles. The number of rotatable bonds is 5. The van der Waals surface area contributed by atoms with E-state index in [-0.39, 0.29) is 11.8 Å². The number of carbonyl (C=O) groups is 1. The Morgan fingerprint density at radius 2 is 2.25 bits per heavy atom. The summed E-state index contributed by atoms with van der Waals surface area (Å²) in [5, 5.41) is 5.13. The minimum Gasteiger partial charge on any atom is -0.468 e. The van der Waals surface area contributed by atoms with E-state index in [2.05, 4.69) is 5.32 Å². The number of ether oxygens (including phenoxy) is 1. The quantitative estimate of drug-likeness (QED) is 0.860. The third-order valence-corrected chi connectivity index (χ3v) is 3.89. The summed E-state index contributed by atoms with van der Waals surface area (Å²) in [6.45, 7) is 2.24. The van der Waals surface area contributed by atoms with E-state index in [4.69, 9.17) is 4.74 Å². The Kier molecular flexibility index (Phi) is 4.87. The first-order valence-corrected chi connectivity index (χ1v) is 7.09. The Hall–Kier alpha value is -1.72. The summed E-state index contributed by atoms with van der Waals surface area (Å²) in [5.41, 5.74) is 1.21.